The van der Waals surface area contributed by atoms with Gasteiger partial charge in [0.2, 0.25) is 17.7 Å². The van der Waals surface area contributed by atoms with Crippen LogP contribution in [0.3, 0.4) is 0 Å². The van der Waals surface area contributed by atoms with Gasteiger partial charge in [0, 0.05) is 31.1 Å². The van der Waals surface area contributed by atoms with Gasteiger partial charge >= 0.3 is 0 Å². The third-order valence-electron chi connectivity index (χ3n) is 7.30. The van der Waals surface area contributed by atoms with Gasteiger partial charge in [-0.25, -0.2) is 0 Å². The van der Waals surface area contributed by atoms with Gasteiger partial charge in [0.15, 0.2) is 0 Å². The molecule has 1 N–H and O–H groups in total. The number of para-hydroxylation sites is 2. The minimum absolute atomic E-state index is 0.0336. The van der Waals surface area contributed by atoms with Crippen molar-refractivity contribution in [2.24, 2.45) is 5.92 Å². The average Bonchev–Trinajstić information content (AvgIpc) is 3.17. The molecule has 2 aromatic carbocycles. The molecule has 0 bridgehead atoms. The van der Waals surface area contributed by atoms with Crippen LogP contribution < -0.4 is 10.2 Å². The molecule has 8 heteroatoms. The number of nitrogens with one attached hydrogen (secondary N) is 1. The highest BCUT2D eigenvalue weighted by Crippen LogP contribution is 2.43. The lowest BCUT2D eigenvalue weighted by Crippen LogP contribution is -2.64. The maximum atomic E-state index is 13.4. The molecule has 8 nitrogen and oxygen atoms in total. The molecule has 4 amide bonds. The van der Waals surface area contributed by atoms with Gasteiger partial charge in [-0.05, 0) is 50.5 Å². The number of hydrogen-bond acceptors (Lipinski definition) is 4. The fourth-order valence-corrected chi connectivity index (χ4v) is 5.33. The summed E-state index contributed by atoms with van der Waals surface area (Å²) >= 11 is 0. The molecule has 5 rings (SSSR count). The van der Waals surface area contributed by atoms with Gasteiger partial charge < -0.3 is 15.1 Å². The summed E-state index contributed by atoms with van der Waals surface area (Å²) in [6.45, 7) is 2.70. The molecule has 176 valence electrons. The van der Waals surface area contributed by atoms with E-state index >= 15 is 0 Å². The van der Waals surface area contributed by atoms with Crippen LogP contribution in [0.1, 0.15) is 43.0 Å². The zero-order chi connectivity index (χ0) is 23.9. The molecular formula is C26H28N4O4. The van der Waals surface area contributed by atoms with Crippen molar-refractivity contribution >= 4 is 35.0 Å². The van der Waals surface area contributed by atoms with E-state index in [1.54, 1.807) is 32.9 Å². The van der Waals surface area contributed by atoms with Crippen molar-refractivity contribution in [2.45, 2.75) is 38.3 Å². The summed E-state index contributed by atoms with van der Waals surface area (Å²) in [7, 11) is 0. The van der Waals surface area contributed by atoms with Crippen LogP contribution in [0.15, 0.2) is 54.6 Å². The number of amides is 4. The third-order valence-corrected chi connectivity index (χ3v) is 7.30. The summed E-state index contributed by atoms with van der Waals surface area (Å²) in [4.78, 5) is 56.9. The SMILES string of the molecule is CC12CCC(=O)N1c1ccccc1C(=O)N2CC(=O)N1CCC(C(=O)Nc2ccccc2)CC1. The molecule has 0 aliphatic carbocycles. The van der Waals surface area contributed by atoms with Gasteiger partial charge in [-0.3, -0.25) is 24.1 Å². The Morgan fingerprint density at radius 2 is 1.68 bits per heavy atom. The molecule has 3 heterocycles. The highest BCUT2D eigenvalue weighted by atomic mass is 16.2. The minimum atomic E-state index is -0.855. The van der Waals surface area contributed by atoms with Crippen LogP contribution in [-0.2, 0) is 14.4 Å². The Bertz CT molecular complexity index is 1140. The molecule has 2 aromatic rings. The number of benzene rings is 2. The monoisotopic (exact) mass is 460 g/mol. The summed E-state index contributed by atoms with van der Waals surface area (Å²) in [6.07, 6.45) is 1.97. The summed E-state index contributed by atoms with van der Waals surface area (Å²) in [6, 6.07) is 16.4. The predicted octanol–water partition coefficient (Wildman–Crippen LogP) is 2.86. The molecule has 1 unspecified atom stereocenters. The summed E-state index contributed by atoms with van der Waals surface area (Å²) in [5.74, 6) is -0.614. The number of piperidine rings is 1. The second kappa shape index (κ2) is 8.59. The Labute approximate surface area is 198 Å². The van der Waals surface area contributed by atoms with Crippen molar-refractivity contribution < 1.29 is 19.2 Å². The van der Waals surface area contributed by atoms with E-state index in [-0.39, 0.29) is 36.1 Å². The van der Waals surface area contributed by atoms with E-state index in [4.69, 9.17) is 0 Å². The molecule has 34 heavy (non-hydrogen) atoms. The van der Waals surface area contributed by atoms with Gasteiger partial charge in [0.05, 0.1) is 11.3 Å². The number of rotatable bonds is 4. The van der Waals surface area contributed by atoms with E-state index in [0.717, 1.165) is 5.69 Å². The van der Waals surface area contributed by atoms with Crippen LogP contribution in [0.25, 0.3) is 0 Å². The van der Waals surface area contributed by atoms with E-state index in [2.05, 4.69) is 5.32 Å². The molecule has 0 spiro atoms. The smallest absolute Gasteiger partial charge is 0.258 e. The summed E-state index contributed by atoms with van der Waals surface area (Å²) < 4.78 is 0. The van der Waals surface area contributed by atoms with Gasteiger partial charge in [-0.15, -0.1) is 0 Å². The normalized spacial score (nSPS) is 22.4. The molecule has 2 saturated heterocycles. The first kappa shape index (κ1) is 22.1. The second-order valence-corrected chi connectivity index (χ2v) is 9.36. The fraction of sp³-hybridized carbons (Fsp3) is 0.385. The maximum Gasteiger partial charge on any atom is 0.258 e. The summed E-state index contributed by atoms with van der Waals surface area (Å²) in [5.41, 5.74) is 0.969. The molecule has 0 saturated carbocycles. The topological polar surface area (TPSA) is 90.0 Å². The molecule has 1 atom stereocenters. The lowest BCUT2D eigenvalue weighted by Gasteiger charge is -2.48. The number of nitrogens with zero attached hydrogens (tertiary/aromatic N) is 3. The van der Waals surface area contributed by atoms with E-state index in [1.807, 2.05) is 43.3 Å². The van der Waals surface area contributed by atoms with Gasteiger partial charge in [0.25, 0.3) is 5.91 Å². The van der Waals surface area contributed by atoms with E-state index in [0.29, 0.717) is 50.0 Å². The highest BCUT2D eigenvalue weighted by molar-refractivity contribution is 6.11. The number of fused-ring (bicyclic) bond motifs is 3. The Morgan fingerprint density at radius 1 is 1.00 bits per heavy atom. The number of anilines is 2. The summed E-state index contributed by atoms with van der Waals surface area (Å²) in [5, 5.41) is 2.94. The third kappa shape index (κ3) is 3.73. The molecule has 3 aliphatic heterocycles. The van der Waals surface area contributed by atoms with Crippen LogP contribution in [0.2, 0.25) is 0 Å². The van der Waals surface area contributed by atoms with Gasteiger partial charge in [0.1, 0.15) is 12.2 Å². The molecule has 0 radical (unpaired) electrons. The van der Waals surface area contributed by atoms with Crippen LogP contribution in [-0.4, -0.2) is 58.7 Å². The van der Waals surface area contributed by atoms with E-state index in [9.17, 15) is 19.2 Å². The average molecular weight is 461 g/mol. The van der Waals surface area contributed by atoms with Gasteiger partial charge in [-0.2, -0.15) is 0 Å². The van der Waals surface area contributed by atoms with Crippen LogP contribution >= 0.6 is 0 Å². The molecule has 2 fully saturated rings. The van der Waals surface area contributed by atoms with Gasteiger partial charge in [-0.1, -0.05) is 30.3 Å². The number of likely N-dealkylation sites (tertiary alicyclic amines) is 1. The lowest BCUT2D eigenvalue weighted by atomic mass is 9.95. The Kier molecular flexibility index (Phi) is 5.59. The molecule has 0 aromatic heterocycles. The zero-order valence-corrected chi connectivity index (χ0v) is 19.2. The Morgan fingerprint density at radius 3 is 2.41 bits per heavy atom. The van der Waals surface area contributed by atoms with Crippen LogP contribution in [0.4, 0.5) is 11.4 Å². The van der Waals surface area contributed by atoms with Crippen molar-refractivity contribution in [2.75, 3.05) is 29.9 Å². The lowest BCUT2D eigenvalue weighted by molar-refractivity contribution is -0.136. The maximum absolute atomic E-state index is 13.4. The highest BCUT2D eigenvalue weighted by Gasteiger charge is 2.53. The number of carbonyl (C=O) groups is 4. The second-order valence-electron chi connectivity index (χ2n) is 9.36. The fourth-order valence-electron chi connectivity index (χ4n) is 5.33. The quantitative estimate of drug-likeness (QED) is 0.760. The van der Waals surface area contributed by atoms with E-state index < -0.39 is 5.66 Å². The number of carbonyl (C=O) groups excluding carboxylic acids is 4. The van der Waals surface area contributed by atoms with Crippen LogP contribution in [0.5, 0.6) is 0 Å². The predicted molar refractivity (Wildman–Crippen MR) is 127 cm³/mol. The van der Waals surface area contributed by atoms with Crippen molar-refractivity contribution in [1.29, 1.82) is 0 Å². The standard InChI is InChI=1S/C26H28N4O4/c1-26-14-11-22(31)30(26)21-10-6-5-9-20(21)25(34)29(26)17-23(32)28-15-12-18(13-16-28)24(33)27-19-7-3-2-4-8-19/h2-10,18H,11-17H2,1H3,(H,27,33). The molecular weight excluding hydrogens is 432 g/mol. The Balaban J connectivity index is 1.25. The number of hydrogen-bond donors (Lipinski definition) is 1. The Hall–Kier alpha value is -3.68. The first-order chi connectivity index (χ1) is 16.4. The van der Waals surface area contributed by atoms with E-state index in [1.165, 1.54) is 0 Å². The largest absolute Gasteiger partial charge is 0.341 e. The molecule has 3 aliphatic rings. The minimum Gasteiger partial charge on any atom is -0.341 e. The first-order valence-corrected chi connectivity index (χ1v) is 11.8. The first-order valence-electron chi connectivity index (χ1n) is 11.8. The van der Waals surface area contributed by atoms with Crippen molar-refractivity contribution in [3.8, 4) is 0 Å². The van der Waals surface area contributed by atoms with Crippen LogP contribution in [0, 0.1) is 5.92 Å². The van der Waals surface area contributed by atoms with Crippen molar-refractivity contribution in [3.05, 3.63) is 60.2 Å². The van der Waals surface area contributed by atoms with Crippen molar-refractivity contribution in [3.63, 3.8) is 0 Å². The van der Waals surface area contributed by atoms with Crippen molar-refractivity contribution in [1.82, 2.24) is 9.80 Å². The zero-order valence-electron chi connectivity index (χ0n) is 19.2.